The van der Waals surface area contributed by atoms with Gasteiger partial charge < -0.3 is 0 Å². The Balaban J connectivity index is 2.40. The number of hydrogen-bond donors (Lipinski definition) is 1. The molecule has 6 heteroatoms. The molecule has 22 heavy (non-hydrogen) atoms. The Kier molecular flexibility index (Phi) is 5.71. The van der Waals surface area contributed by atoms with E-state index in [1.807, 2.05) is 56.5 Å². The van der Waals surface area contributed by atoms with Crippen LogP contribution >= 0.6 is 27.3 Å². The van der Waals surface area contributed by atoms with Gasteiger partial charge in [-0.3, -0.25) is 4.79 Å². The minimum atomic E-state index is -1.22. The summed E-state index contributed by atoms with van der Waals surface area (Å²) in [6, 6.07) is 9.50. The fraction of sp³-hybridized carbons (Fsp3) is 0.312. The fourth-order valence-corrected chi connectivity index (χ4v) is 3.87. The number of carbonyl (C=O) groups is 1. The lowest BCUT2D eigenvalue weighted by Crippen LogP contribution is -2.36. The van der Waals surface area contributed by atoms with Crippen LogP contribution in [0.4, 0.5) is 0 Å². The van der Waals surface area contributed by atoms with Crippen LogP contribution in [0.2, 0.25) is 0 Å². The molecule has 0 amide bonds. The second-order valence-corrected chi connectivity index (χ2v) is 9.74. The lowest BCUT2D eigenvalue weighted by Gasteiger charge is -2.24. The monoisotopic (exact) mass is 399 g/mol. The van der Waals surface area contributed by atoms with Crippen LogP contribution in [0.3, 0.4) is 0 Å². The number of benzene rings is 1. The first-order chi connectivity index (χ1) is 10.3. The average Bonchev–Trinajstić information content (AvgIpc) is 2.92. The predicted octanol–water partition coefficient (Wildman–Crippen LogP) is 4.46. The molecule has 1 N–H and O–H groups in total. The van der Waals surface area contributed by atoms with E-state index in [0.29, 0.717) is 4.88 Å². The van der Waals surface area contributed by atoms with Gasteiger partial charge in [-0.05, 0) is 55.5 Å². The zero-order valence-corrected chi connectivity index (χ0v) is 15.8. The molecule has 0 aliphatic heterocycles. The van der Waals surface area contributed by atoms with E-state index in [-0.39, 0.29) is 10.8 Å². The van der Waals surface area contributed by atoms with Crippen LogP contribution in [0.15, 0.2) is 40.2 Å². The fourth-order valence-electron chi connectivity index (χ4n) is 1.88. The van der Waals surface area contributed by atoms with E-state index >= 15 is 0 Å². The van der Waals surface area contributed by atoms with Crippen LogP contribution in [0.5, 0.6) is 0 Å². The molecule has 0 aliphatic carbocycles. The van der Waals surface area contributed by atoms with Crippen molar-refractivity contribution in [2.24, 2.45) is 0 Å². The van der Waals surface area contributed by atoms with Gasteiger partial charge in [-0.25, -0.2) is 8.93 Å². The number of rotatable bonds is 5. The minimum absolute atomic E-state index is 0.220. The molecule has 1 aromatic heterocycles. The largest absolute Gasteiger partial charge is 0.297 e. The Labute approximate surface area is 145 Å². The maximum Gasteiger partial charge on any atom is 0.160 e. The summed E-state index contributed by atoms with van der Waals surface area (Å²) in [5.74, 6) is 0. The SMILES string of the molecule is CC(C)(C)[S@](=O)N[C@@H](c1cccc(Br)c1)c1csc(C=O)c1. The van der Waals surface area contributed by atoms with Gasteiger partial charge >= 0.3 is 0 Å². The maximum atomic E-state index is 12.5. The van der Waals surface area contributed by atoms with Crippen LogP contribution in [-0.4, -0.2) is 15.2 Å². The summed E-state index contributed by atoms with van der Waals surface area (Å²) in [6.07, 6.45) is 0.840. The molecule has 0 aliphatic rings. The summed E-state index contributed by atoms with van der Waals surface area (Å²) >= 11 is 4.86. The van der Waals surface area contributed by atoms with Crippen molar-refractivity contribution < 1.29 is 9.00 Å². The third-order valence-electron chi connectivity index (χ3n) is 3.05. The molecule has 3 nitrogen and oxygen atoms in total. The molecule has 0 unspecified atom stereocenters. The highest BCUT2D eigenvalue weighted by molar-refractivity contribution is 9.10. The molecule has 0 saturated heterocycles. The summed E-state index contributed by atoms with van der Waals surface area (Å²) in [5, 5.41) is 1.93. The van der Waals surface area contributed by atoms with Crippen molar-refractivity contribution in [3.8, 4) is 0 Å². The highest BCUT2D eigenvalue weighted by atomic mass is 79.9. The first-order valence-electron chi connectivity index (χ1n) is 6.78. The second-order valence-electron chi connectivity index (χ2n) is 5.89. The third kappa shape index (κ3) is 4.35. The van der Waals surface area contributed by atoms with Gasteiger partial charge in [0.25, 0.3) is 0 Å². The number of thiophene rings is 1. The number of nitrogens with one attached hydrogen (secondary N) is 1. The summed E-state index contributed by atoms with van der Waals surface area (Å²) < 4.78 is 16.3. The van der Waals surface area contributed by atoms with E-state index in [0.717, 1.165) is 21.9 Å². The van der Waals surface area contributed by atoms with Gasteiger partial charge in [-0.15, -0.1) is 11.3 Å². The van der Waals surface area contributed by atoms with Gasteiger partial charge in [-0.2, -0.15) is 0 Å². The highest BCUT2D eigenvalue weighted by Gasteiger charge is 2.25. The van der Waals surface area contributed by atoms with Crippen LogP contribution in [0, 0.1) is 0 Å². The molecule has 0 radical (unpaired) electrons. The predicted molar refractivity (Wildman–Crippen MR) is 96.7 cm³/mol. The molecule has 0 fully saturated rings. The van der Waals surface area contributed by atoms with E-state index in [9.17, 15) is 9.00 Å². The molecule has 2 rings (SSSR count). The maximum absolute atomic E-state index is 12.5. The molecule has 0 bridgehead atoms. The standard InChI is InChI=1S/C16H18BrNO2S2/c1-16(2,3)22(20)18-15(11-5-4-6-13(17)7-11)12-8-14(9-19)21-10-12/h4-10,15,18H,1-3H3/t15-,22-/m0/s1. The Hall–Kier alpha value is -0.820. The quantitative estimate of drug-likeness (QED) is 0.753. The van der Waals surface area contributed by atoms with Crippen molar-refractivity contribution in [1.82, 2.24) is 4.72 Å². The van der Waals surface area contributed by atoms with Crippen LogP contribution in [0.25, 0.3) is 0 Å². The van der Waals surface area contributed by atoms with Crippen molar-refractivity contribution in [2.45, 2.75) is 31.6 Å². The van der Waals surface area contributed by atoms with E-state index in [2.05, 4.69) is 20.7 Å². The van der Waals surface area contributed by atoms with Gasteiger partial charge in [0.2, 0.25) is 0 Å². The molecule has 0 spiro atoms. The first kappa shape index (κ1) is 17.5. The van der Waals surface area contributed by atoms with Gasteiger partial charge in [0.15, 0.2) is 6.29 Å². The molecular formula is C16H18BrNO2S2. The van der Waals surface area contributed by atoms with Gasteiger partial charge in [0.1, 0.15) is 0 Å². The van der Waals surface area contributed by atoms with Gasteiger partial charge in [-0.1, -0.05) is 28.1 Å². The zero-order chi connectivity index (χ0) is 16.3. The van der Waals surface area contributed by atoms with E-state index in [1.165, 1.54) is 11.3 Å². The lowest BCUT2D eigenvalue weighted by atomic mass is 10.0. The molecular weight excluding hydrogens is 382 g/mol. The Morgan fingerprint density at radius 1 is 1.27 bits per heavy atom. The normalized spacial score (nSPS) is 14.5. The molecule has 118 valence electrons. The summed E-state index contributed by atoms with van der Waals surface area (Å²) in [7, 11) is -1.22. The third-order valence-corrected chi connectivity index (χ3v) is 5.98. The van der Waals surface area contributed by atoms with E-state index in [1.54, 1.807) is 0 Å². The Morgan fingerprint density at radius 2 is 2.00 bits per heavy atom. The summed E-state index contributed by atoms with van der Waals surface area (Å²) in [4.78, 5) is 11.6. The van der Waals surface area contributed by atoms with Gasteiger partial charge in [0.05, 0.1) is 26.7 Å². The second kappa shape index (κ2) is 7.17. The molecule has 2 atom stereocenters. The highest BCUT2D eigenvalue weighted by Crippen LogP contribution is 2.29. The summed E-state index contributed by atoms with van der Waals surface area (Å²) in [5.41, 5.74) is 1.95. The van der Waals surface area contributed by atoms with Crippen LogP contribution in [-0.2, 0) is 11.0 Å². The number of carbonyl (C=O) groups excluding carboxylic acids is 1. The lowest BCUT2D eigenvalue weighted by molar-refractivity contribution is 0.112. The minimum Gasteiger partial charge on any atom is -0.297 e. The van der Waals surface area contributed by atoms with E-state index in [4.69, 9.17) is 0 Å². The van der Waals surface area contributed by atoms with Crippen molar-refractivity contribution in [2.75, 3.05) is 0 Å². The summed E-state index contributed by atoms with van der Waals surface area (Å²) in [6.45, 7) is 5.79. The number of hydrogen-bond acceptors (Lipinski definition) is 3. The molecule has 1 heterocycles. The Morgan fingerprint density at radius 3 is 2.55 bits per heavy atom. The zero-order valence-electron chi connectivity index (χ0n) is 12.6. The number of aldehydes is 1. The molecule has 1 aromatic carbocycles. The van der Waals surface area contributed by atoms with Crippen molar-refractivity contribution in [1.29, 1.82) is 0 Å². The van der Waals surface area contributed by atoms with Gasteiger partial charge in [0, 0.05) is 4.47 Å². The van der Waals surface area contributed by atoms with Crippen molar-refractivity contribution in [3.63, 3.8) is 0 Å². The van der Waals surface area contributed by atoms with Crippen LogP contribution < -0.4 is 4.72 Å². The number of halogens is 1. The van der Waals surface area contributed by atoms with E-state index < -0.39 is 11.0 Å². The molecule has 0 saturated carbocycles. The van der Waals surface area contributed by atoms with Crippen molar-refractivity contribution >= 4 is 44.5 Å². The topological polar surface area (TPSA) is 46.2 Å². The van der Waals surface area contributed by atoms with Crippen molar-refractivity contribution in [3.05, 3.63) is 56.2 Å². The first-order valence-corrected chi connectivity index (χ1v) is 9.60. The molecule has 2 aromatic rings. The smallest absolute Gasteiger partial charge is 0.160 e. The Bertz CT molecular complexity index is 691. The average molecular weight is 400 g/mol. The van der Waals surface area contributed by atoms with Crippen LogP contribution in [0.1, 0.15) is 47.6 Å².